The van der Waals surface area contributed by atoms with Crippen molar-refractivity contribution in [2.45, 2.75) is 6.17 Å². The molecule has 2 aromatic carbocycles. The Balaban J connectivity index is 0.000000249. The monoisotopic (exact) mass is 253 g/mol. The van der Waals surface area contributed by atoms with Crippen LogP contribution in [-0.4, -0.2) is 6.17 Å². The third kappa shape index (κ3) is 5.32. The molecule has 0 aliphatic rings. The van der Waals surface area contributed by atoms with Crippen LogP contribution in [0.25, 0.3) is 11.1 Å². The first kappa shape index (κ1) is 13.5. The van der Waals surface area contributed by atoms with Gasteiger partial charge in [-0.2, -0.15) is 8.78 Å². The maximum absolute atomic E-state index is 10.5. The van der Waals surface area contributed by atoms with Gasteiger partial charge in [-0.15, -0.1) is 0 Å². The van der Waals surface area contributed by atoms with E-state index in [9.17, 15) is 8.78 Å². The van der Waals surface area contributed by atoms with Crippen molar-refractivity contribution < 1.29 is 13.3 Å². The molecule has 1 nitrogen and oxygen atoms in total. The molecule has 0 saturated carbocycles. The maximum atomic E-state index is 10.5. The normalized spacial score (nSPS) is 9.82. The second kappa shape index (κ2) is 7.64. The van der Waals surface area contributed by atoms with Crippen LogP contribution in [0.15, 0.2) is 60.7 Å². The van der Waals surface area contributed by atoms with Gasteiger partial charge in [-0.05, 0) is 11.1 Å². The fourth-order valence-electron chi connectivity index (χ4n) is 1.26. The average molecular weight is 253 g/mol. The van der Waals surface area contributed by atoms with E-state index in [1.165, 1.54) is 11.1 Å². The van der Waals surface area contributed by atoms with Crippen molar-refractivity contribution in [3.8, 4) is 11.1 Å². The summed E-state index contributed by atoms with van der Waals surface area (Å²) in [7, 11) is -1.47. The van der Waals surface area contributed by atoms with Crippen molar-refractivity contribution >= 4 is 8.46 Å². The number of hydrogen-bond acceptors (Lipinski definition) is 1. The van der Waals surface area contributed by atoms with Gasteiger partial charge in [0.1, 0.15) is 0 Å². The summed E-state index contributed by atoms with van der Waals surface area (Å²) in [5.74, 6) is 0. The predicted molar refractivity (Wildman–Crippen MR) is 66.9 cm³/mol. The van der Waals surface area contributed by atoms with E-state index in [-0.39, 0.29) is 0 Å². The van der Waals surface area contributed by atoms with Crippen LogP contribution in [0.3, 0.4) is 0 Å². The van der Waals surface area contributed by atoms with Gasteiger partial charge in [-0.1, -0.05) is 65.2 Å². The molecule has 2 rings (SSSR count). The van der Waals surface area contributed by atoms with Gasteiger partial charge in [0, 0.05) is 0 Å². The van der Waals surface area contributed by atoms with Crippen LogP contribution >= 0.6 is 8.46 Å². The van der Waals surface area contributed by atoms with Crippen molar-refractivity contribution in [3.63, 3.8) is 0 Å². The summed E-state index contributed by atoms with van der Waals surface area (Å²) >= 11 is 0. The van der Waals surface area contributed by atoms with Gasteiger partial charge in [0.05, 0.1) is 0 Å². The van der Waals surface area contributed by atoms with Crippen LogP contribution in [0.4, 0.5) is 8.78 Å². The summed E-state index contributed by atoms with van der Waals surface area (Å²) < 4.78 is 29.8. The first-order valence-corrected chi connectivity index (χ1v) is 5.99. The lowest BCUT2D eigenvalue weighted by Crippen LogP contribution is -1.73. The lowest BCUT2D eigenvalue weighted by atomic mass is 10.1. The molecule has 4 heteroatoms. The molecule has 88 valence electrons. The highest BCUT2D eigenvalue weighted by atomic mass is 31.1. The number of alkyl halides is 2. The zero-order valence-electron chi connectivity index (χ0n) is 9.02. The predicted octanol–water partition coefficient (Wildman–Crippen LogP) is 4.59. The molecule has 0 bridgehead atoms. The molecule has 1 unspecified atom stereocenters. The molecule has 1 atom stereocenters. The molecule has 0 N–H and O–H groups in total. The zero-order chi connectivity index (χ0) is 12.5. The lowest BCUT2D eigenvalue weighted by molar-refractivity contribution is 0.243. The van der Waals surface area contributed by atoms with Gasteiger partial charge in [0.25, 0.3) is 0 Å². The maximum Gasteiger partial charge on any atom is 0.429 e. The highest BCUT2D eigenvalue weighted by Gasteiger charge is 2.05. The second-order valence-corrected chi connectivity index (χ2v) is 3.82. The molecule has 0 spiro atoms. The van der Waals surface area contributed by atoms with Crippen molar-refractivity contribution in [2.75, 3.05) is 0 Å². The molecule has 0 heterocycles. The molecule has 0 aliphatic carbocycles. The quantitative estimate of drug-likeness (QED) is 0.715. The van der Waals surface area contributed by atoms with E-state index in [4.69, 9.17) is 4.57 Å². The van der Waals surface area contributed by atoms with Crippen molar-refractivity contribution in [1.29, 1.82) is 0 Å². The van der Waals surface area contributed by atoms with Crippen molar-refractivity contribution in [2.24, 2.45) is 0 Å². The van der Waals surface area contributed by atoms with E-state index >= 15 is 0 Å². The summed E-state index contributed by atoms with van der Waals surface area (Å²) in [6.07, 6.45) is -2.64. The van der Waals surface area contributed by atoms with E-state index in [0.717, 1.165) is 0 Å². The largest absolute Gasteiger partial charge is 0.429 e. The SMILES string of the molecule is O=[PH+]C(F)F.c1ccc(-c2ccccc2)cc1. The smallest absolute Gasteiger partial charge is 0.158 e. The molecule has 0 fully saturated rings. The Labute approximate surface area is 100 Å². The van der Waals surface area contributed by atoms with Gasteiger partial charge >= 0.3 is 14.6 Å². The second-order valence-electron chi connectivity index (χ2n) is 3.15. The molecular weight excluding hydrogens is 241 g/mol. The van der Waals surface area contributed by atoms with Crippen LogP contribution < -0.4 is 0 Å². The first-order valence-electron chi connectivity index (χ1n) is 5.00. The third-order valence-corrected chi connectivity index (χ3v) is 2.15. The lowest BCUT2D eigenvalue weighted by Gasteiger charge is -1.98. The Bertz CT molecular complexity index is 394. The molecule has 17 heavy (non-hydrogen) atoms. The molecule has 0 aliphatic heterocycles. The van der Waals surface area contributed by atoms with Crippen LogP contribution in [0.1, 0.15) is 0 Å². The van der Waals surface area contributed by atoms with Crippen LogP contribution in [-0.2, 0) is 4.57 Å². The summed E-state index contributed by atoms with van der Waals surface area (Å²) in [6.45, 7) is 0. The van der Waals surface area contributed by atoms with Crippen LogP contribution in [0.5, 0.6) is 0 Å². The van der Waals surface area contributed by atoms with Gasteiger partial charge in [0.15, 0.2) is 0 Å². The summed E-state index contributed by atoms with van der Waals surface area (Å²) in [5.41, 5.74) is 2.55. The fraction of sp³-hybridized carbons (Fsp3) is 0.0769. The molecule has 0 radical (unpaired) electrons. The van der Waals surface area contributed by atoms with Crippen LogP contribution in [0, 0.1) is 0 Å². The Hall–Kier alpha value is -1.60. The molecular formula is C13H12F2OP+. The first-order chi connectivity index (χ1) is 8.24. The van der Waals surface area contributed by atoms with Gasteiger partial charge in [-0.25, -0.2) is 0 Å². The van der Waals surface area contributed by atoms with Gasteiger partial charge in [-0.3, -0.25) is 0 Å². The molecule has 2 aromatic rings. The number of rotatable bonds is 2. The number of halogens is 2. The highest BCUT2D eigenvalue weighted by Crippen LogP contribution is 2.17. The van der Waals surface area contributed by atoms with Gasteiger partial charge < -0.3 is 0 Å². The highest BCUT2D eigenvalue weighted by molar-refractivity contribution is 7.24. The Morgan fingerprint density at radius 2 is 1.06 bits per heavy atom. The summed E-state index contributed by atoms with van der Waals surface area (Å²) in [5, 5.41) is 0. The van der Waals surface area contributed by atoms with Gasteiger partial charge in [0.2, 0.25) is 0 Å². The molecule has 0 saturated heterocycles. The number of hydrogen-bond donors (Lipinski definition) is 0. The minimum absolute atomic E-state index is 1.28. The van der Waals surface area contributed by atoms with E-state index < -0.39 is 14.6 Å². The topological polar surface area (TPSA) is 17.1 Å². The van der Waals surface area contributed by atoms with E-state index in [2.05, 4.69) is 48.5 Å². The van der Waals surface area contributed by atoms with E-state index in [1.807, 2.05) is 12.1 Å². The molecule has 0 aromatic heterocycles. The van der Waals surface area contributed by atoms with E-state index in [1.54, 1.807) is 0 Å². The Kier molecular flexibility index (Phi) is 6.05. The summed E-state index contributed by atoms with van der Waals surface area (Å²) in [6, 6.07) is 20.8. The van der Waals surface area contributed by atoms with E-state index in [0.29, 0.717) is 0 Å². The van der Waals surface area contributed by atoms with Crippen molar-refractivity contribution in [1.82, 2.24) is 0 Å². The standard InChI is InChI=1S/C12H10.CHF2OP/c1-3-7-11(8-4-1)12-9-5-2-6-10-12;2-1(3)5-4/h1-10H;1H/p+1. The Morgan fingerprint density at radius 1 is 0.765 bits per heavy atom. The summed E-state index contributed by atoms with van der Waals surface area (Å²) in [4.78, 5) is 0. The molecule has 0 amide bonds. The average Bonchev–Trinajstić information content (AvgIpc) is 2.41. The zero-order valence-corrected chi connectivity index (χ0v) is 10.0. The van der Waals surface area contributed by atoms with Crippen LogP contribution in [0.2, 0.25) is 0 Å². The Morgan fingerprint density at radius 3 is 1.29 bits per heavy atom. The third-order valence-electron chi connectivity index (χ3n) is 1.97. The minimum atomic E-state index is -2.64. The number of benzene rings is 2. The van der Waals surface area contributed by atoms with Crippen molar-refractivity contribution in [3.05, 3.63) is 60.7 Å². The fourth-order valence-corrected chi connectivity index (χ4v) is 1.26. The minimum Gasteiger partial charge on any atom is -0.158 e.